The van der Waals surface area contributed by atoms with E-state index in [1.54, 1.807) is 4.98 Å². The van der Waals surface area contributed by atoms with Crippen LogP contribution < -0.4 is 30.8 Å². The standard InChI is InChI=1S/C15H13N5O12.C6H14O12P2/c21-5-9-12(23)13(24)15(32-9,17-2-1-10(22)16-14(17)25)11-7(19(28)29)3-6(18(26)27)4-8(11)20(30)31;7-1-3(9)5(10)6(18-20(14,15)16)4(2-8)17-19(11,12)13/h1-4,9,12-13,21,23-24H,5H2,(H,16,22,25);2-7,9-10H,1H2,(H2,11,12,13)(H2,14,15,16)/p-4/t9-,12-,13-,15-;3-,4+,5+,6-/m11/s1. The number of aliphatic hydroxyl groups is 6. The number of nitro groups is 3. The lowest BCUT2D eigenvalue weighted by molar-refractivity contribution is -0.406. The van der Waals surface area contributed by atoms with Crippen molar-refractivity contribution in [2.75, 3.05) is 13.2 Å². The van der Waals surface area contributed by atoms with Gasteiger partial charge in [0.05, 0.1) is 55.8 Å². The summed E-state index contributed by atoms with van der Waals surface area (Å²) in [6, 6.07) is 1.41. The molecule has 0 aliphatic carbocycles. The van der Waals surface area contributed by atoms with Crippen molar-refractivity contribution in [1.82, 2.24) is 9.55 Å². The molecule has 1 saturated heterocycles. The predicted molar refractivity (Wildman–Crippen MR) is 149 cm³/mol. The van der Waals surface area contributed by atoms with Gasteiger partial charge in [0.25, 0.3) is 22.6 Å². The number of phosphoric acid groups is 2. The molecule has 1 aliphatic rings. The van der Waals surface area contributed by atoms with E-state index in [1.807, 2.05) is 0 Å². The second-order valence-electron chi connectivity index (χ2n) is 9.99. The summed E-state index contributed by atoms with van der Waals surface area (Å²) in [5.41, 5.74) is -10.0. The molecule has 0 unspecified atom stereocenters. The number of ether oxygens (including phenoxy) is 1. The van der Waals surface area contributed by atoms with E-state index in [2.05, 4.69) is 9.05 Å². The smallest absolute Gasteiger partial charge is 0.331 e. The lowest BCUT2D eigenvalue weighted by Crippen LogP contribution is -2.52. The predicted octanol–water partition coefficient (Wildman–Crippen LogP) is -7.60. The Kier molecular flexibility index (Phi) is 14.4. The van der Waals surface area contributed by atoms with Gasteiger partial charge in [-0.25, -0.2) is 4.79 Å². The zero-order chi connectivity index (χ0) is 40.1. The van der Waals surface area contributed by atoms with E-state index in [-0.39, 0.29) is 0 Å². The fraction of sp³-hybridized carbons (Fsp3) is 0.476. The monoisotopic (exact) mass is 791 g/mol. The van der Waals surface area contributed by atoms with Gasteiger partial charge in [0.1, 0.15) is 42.7 Å². The minimum Gasteiger partial charge on any atom is -0.790 e. The maximum atomic E-state index is 12.5. The van der Waals surface area contributed by atoms with Gasteiger partial charge in [-0.1, -0.05) is 0 Å². The molecule has 2 aromatic rings. The van der Waals surface area contributed by atoms with Crippen molar-refractivity contribution in [1.29, 1.82) is 0 Å². The van der Waals surface area contributed by atoms with Crippen molar-refractivity contribution < 1.29 is 92.7 Å². The van der Waals surface area contributed by atoms with Crippen LogP contribution in [-0.2, 0) is 33.4 Å². The van der Waals surface area contributed by atoms with E-state index in [9.17, 15) is 93.9 Å². The van der Waals surface area contributed by atoms with Gasteiger partial charge in [0, 0.05) is 12.3 Å². The van der Waals surface area contributed by atoms with Gasteiger partial charge in [-0.15, -0.1) is 0 Å². The highest BCUT2D eigenvalue weighted by Crippen LogP contribution is 2.49. The average Bonchev–Trinajstić information content (AvgIpc) is 3.29. The molecule has 3 rings (SSSR count). The van der Waals surface area contributed by atoms with Crippen LogP contribution in [0.25, 0.3) is 0 Å². The number of H-pyrrole nitrogens is 1. The maximum Gasteiger partial charge on any atom is 0.331 e. The number of aldehydes is 1. The minimum atomic E-state index is -5.84. The first-order valence-corrected chi connectivity index (χ1v) is 16.2. The molecular weight excluding hydrogens is 768 g/mol. The molecule has 290 valence electrons. The van der Waals surface area contributed by atoms with Gasteiger partial charge in [-0.05, 0) is 0 Å². The molecule has 0 amide bonds. The normalized spacial score (nSPS) is 22.7. The zero-order valence-electron chi connectivity index (χ0n) is 25.1. The van der Waals surface area contributed by atoms with Crippen LogP contribution in [0.4, 0.5) is 17.1 Å². The fourth-order valence-corrected chi connectivity index (χ4v) is 5.63. The lowest BCUT2D eigenvalue weighted by atomic mass is 9.91. The molecule has 0 spiro atoms. The van der Waals surface area contributed by atoms with Gasteiger partial charge in [-0.2, -0.15) is 0 Å². The number of aromatic nitrogens is 2. The summed E-state index contributed by atoms with van der Waals surface area (Å²) in [7, 11) is -11.6. The number of rotatable bonds is 15. The molecule has 0 radical (unpaired) electrons. The van der Waals surface area contributed by atoms with E-state index < -0.39 is 132 Å². The largest absolute Gasteiger partial charge is 0.790 e. The average molecular weight is 791 g/mol. The van der Waals surface area contributed by atoms with Crippen LogP contribution >= 0.6 is 15.6 Å². The Morgan fingerprint density at radius 1 is 0.962 bits per heavy atom. The zero-order valence-corrected chi connectivity index (χ0v) is 26.8. The van der Waals surface area contributed by atoms with Crippen molar-refractivity contribution in [3.8, 4) is 0 Å². The summed E-state index contributed by atoms with van der Waals surface area (Å²) in [6.07, 6.45) is -15.4. The molecule has 29 nitrogen and oxygen atoms in total. The van der Waals surface area contributed by atoms with E-state index in [0.29, 0.717) is 22.9 Å². The van der Waals surface area contributed by atoms with Crippen LogP contribution in [0, 0.1) is 30.3 Å². The van der Waals surface area contributed by atoms with Crippen molar-refractivity contribution in [2.45, 2.75) is 48.5 Å². The van der Waals surface area contributed by atoms with Gasteiger partial charge in [0.15, 0.2) is 11.8 Å². The Balaban J connectivity index is 0.000000405. The molecule has 0 bridgehead atoms. The molecule has 1 fully saturated rings. The number of hydrogen-bond donors (Lipinski definition) is 7. The van der Waals surface area contributed by atoms with Crippen LogP contribution in [0.1, 0.15) is 5.56 Å². The third-order valence-electron chi connectivity index (χ3n) is 6.72. The Morgan fingerprint density at radius 3 is 1.85 bits per heavy atom. The van der Waals surface area contributed by atoms with Gasteiger partial charge in [0.2, 0.25) is 5.72 Å². The van der Waals surface area contributed by atoms with E-state index in [4.69, 9.17) is 14.9 Å². The Labute approximate surface area is 284 Å². The maximum absolute atomic E-state index is 12.5. The molecule has 1 aromatic carbocycles. The molecule has 1 aromatic heterocycles. The number of nitro benzene ring substituents is 3. The number of non-ortho nitro benzene ring substituents is 1. The summed E-state index contributed by atoms with van der Waals surface area (Å²) >= 11 is 0. The van der Waals surface area contributed by atoms with Gasteiger partial charge in [-0.3, -0.25) is 44.7 Å². The number of aliphatic hydroxyl groups excluding tert-OH is 6. The fourth-order valence-electron chi connectivity index (χ4n) is 4.62. The van der Waals surface area contributed by atoms with Gasteiger partial charge >= 0.3 is 5.69 Å². The highest BCUT2D eigenvalue weighted by atomic mass is 31.2. The van der Waals surface area contributed by atoms with Crippen molar-refractivity contribution in [2.24, 2.45) is 0 Å². The van der Waals surface area contributed by atoms with E-state index in [0.717, 1.165) is 6.07 Å². The first-order valence-electron chi connectivity index (χ1n) is 13.3. The van der Waals surface area contributed by atoms with Crippen LogP contribution in [0.3, 0.4) is 0 Å². The summed E-state index contributed by atoms with van der Waals surface area (Å²) in [4.78, 5) is 109. The van der Waals surface area contributed by atoms with E-state index >= 15 is 0 Å². The number of nitrogens with one attached hydrogen (secondary N) is 1. The molecule has 1 aliphatic heterocycles. The van der Waals surface area contributed by atoms with Crippen LogP contribution in [-0.4, -0.2) is 117 Å². The number of benzene rings is 1. The second-order valence-corrected chi connectivity index (χ2v) is 12.2. The molecule has 31 heteroatoms. The Bertz CT molecular complexity index is 1840. The minimum absolute atomic E-state index is 0.343. The molecule has 8 atom stereocenters. The number of nitrogens with zero attached hydrogens (tertiary/aromatic N) is 4. The molecule has 0 saturated carbocycles. The quantitative estimate of drug-likeness (QED) is 0.0381. The van der Waals surface area contributed by atoms with E-state index in [1.165, 1.54) is 0 Å². The van der Waals surface area contributed by atoms with Crippen molar-refractivity contribution in [3.05, 3.63) is 81.1 Å². The summed E-state index contributed by atoms with van der Waals surface area (Å²) in [6.45, 7) is -2.15. The van der Waals surface area contributed by atoms with Crippen LogP contribution in [0.15, 0.2) is 34.0 Å². The number of phosphoric ester groups is 2. The Hall–Kier alpha value is -4.29. The lowest BCUT2D eigenvalue weighted by Gasteiger charge is -2.41. The second kappa shape index (κ2) is 17.0. The number of carbonyl (C=O) groups is 1. The molecule has 52 heavy (non-hydrogen) atoms. The van der Waals surface area contributed by atoms with Crippen LogP contribution in [0.5, 0.6) is 0 Å². The highest BCUT2D eigenvalue weighted by molar-refractivity contribution is 7.43. The third kappa shape index (κ3) is 9.97. The first-order chi connectivity index (χ1) is 23.9. The third-order valence-corrected chi connectivity index (χ3v) is 7.72. The number of carbonyl (C=O) groups excluding carboxylic acids is 1. The number of hydrogen-bond acceptors (Lipinski definition) is 24. The summed E-state index contributed by atoms with van der Waals surface area (Å²) in [5.74, 6) is 0. The topological polar surface area (TPSA) is 477 Å². The molecule has 7 N–H and O–H groups in total. The first kappa shape index (κ1) is 43.9. The van der Waals surface area contributed by atoms with Crippen LogP contribution in [0.2, 0.25) is 0 Å². The highest BCUT2D eigenvalue weighted by Gasteiger charge is 2.62. The SMILES string of the molecule is O=C[C@H](OP(=O)([O-])[O-])[C@@H](OP(=O)([O-])[O-])[C@@H](O)[C@H](O)CO.O=c1ccn([C@]2(c3c([N+](=O)[O-])cc([N+](=O)[O-])cc3[N+](=O)[O-])O[C@H](CO)[C@@H](O)[C@H]2O)c(=O)[nH]1. The van der Waals surface area contributed by atoms with Gasteiger partial charge < -0.3 is 77.9 Å². The Morgan fingerprint density at radius 2 is 1.48 bits per heavy atom. The molecular formula is C21H23N5O24P2-4. The van der Waals surface area contributed by atoms with Crippen molar-refractivity contribution >= 4 is 39.0 Å². The number of aromatic amines is 1. The summed E-state index contributed by atoms with van der Waals surface area (Å²) < 4.78 is 33.8. The van der Waals surface area contributed by atoms with Crippen molar-refractivity contribution in [3.63, 3.8) is 0 Å². The molecule has 2 heterocycles. The summed E-state index contributed by atoms with van der Waals surface area (Å²) in [5, 5.41) is 92.2.